The maximum absolute atomic E-state index is 4.44. The Labute approximate surface area is 127 Å². The quantitative estimate of drug-likeness (QED) is 0.226. The Balaban J connectivity index is 4.17. The third-order valence-electron chi connectivity index (χ3n) is 4.24. The van der Waals surface area contributed by atoms with Crippen LogP contribution in [0.2, 0.25) is 34.0 Å². The zero-order valence-electron chi connectivity index (χ0n) is 14.4. The van der Waals surface area contributed by atoms with Crippen LogP contribution in [0, 0.1) is 0 Å². The molecule has 0 aromatic heterocycles. The maximum atomic E-state index is 4.44. The fraction of sp³-hybridized carbons (Fsp3) is 0.765. The molecular weight excluding hydrogens is 351 g/mol. The molecular formula is C17H36SiSn. The zero-order valence-corrected chi connectivity index (χ0v) is 18.2. The Kier molecular flexibility index (Phi) is 8.94. The van der Waals surface area contributed by atoms with Crippen molar-refractivity contribution in [2.75, 3.05) is 0 Å². The topological polar surface area (TPSA) is 0 Å². The van der Waals surface area contributed by atoms with E-state index in [0.29, 0.717) is 0 Å². The van der Waals surface area contributed by atoms with Crippen molar-refractivity contribution >= 4 is 26.5 Å². The second kappa shape index (κ2) is 8.71. The van der Waals surface area contributed by atoms with Gasteiger partial charge in [-0.25, -0.2) is 0 Å². The van der Waals surface area contributed by atoms with Crippen LogP contribution in [0.4, 0.5) is 0 Å². The second-order valence-corrected chi connectivity index (χ2v) is 27.0. The zero-order chi connectivity index (χ0) is 15.1. The number of allylic oxidation sites excluding steroid dienone is 2. The summed E-state index contributed by atoms with van der Waals surface area (Å²) >= 11 is -1.99. The van der Waals surface area contributed by atoms with Crippen LogP contribution in [-0.2, 0) is 0 Å². The van der Waals surface area contributed by atoms with Gasteiger partial charge >= 0.3 is 128 Å². The fourth-order valence-electron chi connectivity index (χ4n) is 2.36. The van der Waals surface area contributed by atoms with E-state index >= 15 is 0 Å². The van der Waals surface area contributed by atoms with Gasteiger partial charge in [0.25, 0.3) is 0 Å². The molecule has 0 amide bonds. The van der Waals surface area contributed by atoms with Gasteiger partial charge in [0.15, 0.2) is 0 Å². The van der Waals surface area contributed by atoms with Crippen molar-refractivity contribution in [3.63, 3.8) is 0 Å². The van der Waals surface area contributed by atoms with E-state index in [4.69, 9.17) is 0 Å². The minimum absolute atomic E-state index is 1.29. The number of rotatable bonds is 10. The first kappa shape index (κ1) is 19.5. The van der Waals surface area contributed by atoms with E-state index in [1.165, 1.54) is 53.4 Å². The average Bonchev–Trinajstić information content (AvgIpc) is 2.30. The summed E-state index contributed by atoms with van der Waals surface area (Å²) in [6.07, 6.45) is 8.40. The predicted octanol–water partition coefficient (Wildman–Crippen LogP) is 6.58. The van der Waals surface area contributed by atoms with Crippen LogP contribution in [0.15, 0.2) is 21.9 Å². The van der Waals surface area contributed by atoms with Crippen LogP contribution in [-0.4, -0.2) is 26.5 Å². The third-order valence-corrected chi connectivity index (χ3v) is 14.5. The van der Waals surface area contributed by atoms with Gasteiger partial charge in [-0.15, -0.1) is 0 Å². The van der Waals surface area contributed by atoms with E-state index in [1.54, 1.807) is 0 Å². The summed E-state index contributed by atoms with van der Waals surface area (Å²) in [5.41, 5.74) is 0. The van der Waals surface area contributed by atoms with Crippen LogP contribution in [0.25, 0.3) is 0 Å². The molecule has 0 rings (SSSR count). The summed E-state index contributed by atoms with van der Waals surface area (Å²) in [5.74, 6) is 0. The van der Waals surface area contributed by atoms with E-state index in [9.17, 15) is 0 Å². The van der Waals surface area contributed by atoms with Crippen molar-refractivity contribution in [2.45, 2.75) is 79.4 Å². The monoisotopic (exact) mass is 388 g/mol. The molecule has 112 valence electrons. The standard InChI is InChI=1S/C14H27Si.3CH3.Sn/c1-6-8-9-10-11-12-13-15(4,5)14(3)7-2;;;;/h2-3,6,8-13H2,1,4-5H3;3*1H3;. The van der Waals surface area contributed by atoms with Crippen LogP contribution in [0.5, 0.6) is 0 Å². The molecule has 2 heteroatoms. The summed E-state index contributed by atoms with van der Waals surface area (Å²) in [5, 5.41) is 1.48. The van der Waals surface area contributed by atoms with Gasteiger partial charge in [-0.1, -0.05) is 0 Å². The van der Waals surface area contributed by atoms with Gasteiger partial charge in [-0.3, -0.25) is 0 Å². The molecule has 0 aliphatic rings. The minimum atomic E-state index is -1.99. The molecule has 0 unspecified atom stereocenters. The van der Waals surface area contributed by atoms with Crippen LogP contribution in [0.3, 0.4) is 0 Å². The summed E-state index contributed by atoms with van der Waals surface area (Å²) in [4.78, 5) is 7.37. The van der Waals surface area contributed by atoms with Gasteiger partial charge < -0.3 is 0 Å². The second-order valence-electron chi connectivity index (χ2n) is 7.61. The summed E-state index contributed by atoms with van der Waals surface area (Å²) in [6, 6.07) is 1.40. The molecule has 0 aromatic rings. The van der Waals surface area contributed by atoms with Crippen molar-refractivity contribution in [3.8, 4) is 0 Å². The van der Waals surface area contributed by atoms with Gasteiger partial charge in [0.05, 0.1) is 0 Å². The average molecular weight is 387 g/mol. The van der Waals surface area contributed by atoms with Crippen LogP contribution >= 0.6 is 0 Å². The fourth-order valence-corrected chi connectivity index (χ4v) is 12.6. The molecule has 0 nitrogen and oxygen atoms in total. The van der Waals surface area contributed by atoms with Gasteiger partial charge in [0.2, 0.25) is 0 Å². The number of hydrogen-bond donors (Lipinski definition) is 0. The summed E-state index contributed by atoms with van der Waals surface area (Å²) in [6.45, 7) is 16.1. The first-order chi connectivity index (χ1) is 8.63. The Morgan fingerprint density at radius 2 is 1.37 bits per heavy atom. The normalized spacial score (nSPS) is 12.5. The Morgan fingerprint density at radius 3 is 1.84 bits per heavy atom. The van der Waals surface area contributed by atoms with Gasteiger partial charge in [-0.05, 0) is 0 Å². The van der Waals surface area contributed by atoms with Crippen molar-refractivity contribution in [1.82, 2.24) is 0 Å². The van der Waals surface area contributed by atoms with E-state index < -0.39 is 26.5 Å². The van der Waals surface area contributed by atoms with Gasteiger partial charge in [0.1, 0.15) is 0 Å². The molecule has 0 aliphatic heterocycles. The SMILES string of the molecule is C=C([C](=C)[Sn]([CH3])([CH3])[CH3])[Si](C)(C)CCCCCCCC. The predicted molar refractivity (Wildman–Crippen MR) is 97.3 cm³/mol. The Bertz CT molecular complexity index is 297. The molecule has 0 fully saturated rings. The third kappa shape index (κ3) is 7.74. The van der Waals surface area contributed by atoms with E-state index in [2.05, 4.69) is 48.0 Å². The van der Waals surface area contributed by atoms with Gasteiger partial charge in [0, 0.05) is 0 Å². The molecule has 0 N–H and O–H groups in total. The van der Waals surface area contributed by atoms with Crippen molar-refractivity contribution in [1.29, 1.82) is 0 Å². The molecule has 0 heterocycles. The summed E-state index contributed by atoms with van der Waals surface area (Å²) < 4.78 is 1.48. The van der Waals surface area contributed by atoms with E-state index in [-0.39, 0.29) is 0 Å². The molecule has 0 bridgehead atoms. The van der Waals surface area contributed by atoms with Crippen LogP contribution in [0.1, 0.15) is 45.4 Å². The molecule has 19 heavy (non-hydrogen) atoms. The van der Waals surface area contributed by atoms with Crippen LogP contribution < -0.4 is 0 Å². The molecule has 0 radical (unpaired) electrons. The molecule has 0 aromatic carbocycles. The Morgan fingerprint density at radius 1 is 0.895 bits per heavy atom. The van der Waals surface area contributed by atoms with Crippen molar-refractivity contribution < 1.29 is 0 Å². The van der Waals surface area contributed by atoms with Gasteiger partial charge in [-0.2, -0.15) is 0 Å². The molecule has 0 aliphatic carbocycles. The number of unbranched alkanes of at least 4 members (excludes halogenated alkanes) is 5. The van der Waals surface area contributed by atoms with Crippen molar-refractivity contribution in [2.24, 2.45) is 0 Å². The molecule has 0 spiro atoms. The molecule has 0 saturated heterocycles. The van der Waals surface area contributed by atoms with Crippen molar-refractivity contribution in [3.05, 3.63) is 21.9 Å². The summed E-state index contributed by atoms with van der Waals surface area (Å²) in [7, 11) is -1.29. The van der Waals surface area contributed by atoms with E-state index in [1.807, 2.05) is 0 Å². The first-order valence-corrected chi connectivity index (χ1v) is 21.2. The molecule has 0 atom stereocenters. The Hall–Kier alpha value is 0.496. The molecule has 0 saturated carbocycles. The van der Waals surface area contributed by atoms with E-state index in [0.717, 1.165) is 0 Å². The first-order valence-electron chi connectivity index (χ1n) is 8.02. The number of hydrogen-bond acceptors (Lipinski definition) is 0.